The molecular formula is C29H54AlN4O12P3S4Zn. The van der Waals surface area contributed by atoms with E-state index in [0.29, 0.717) is 35.0 Å². The molecule has 0 aliphatic rings. The fraction of sp³-hybridized carbons (Fsp3) is 0.655. The molecule has 0 spiro atoms. The zero-order valence-corrected chi connectivity index (χ0v) is 42.4. The predicted molar refractivity (Wildman–Crippen MR) is 220 cm³/mol. The fourth-order valence-corrected chi connectivity index (χ4v) is 4.20. The van der Waals surface area contributed by atoms with Crippen molar-refractivity contribution >= 4 is 114 Å². The number of alkyl carbamates (subject to hydrolysis) is 1. The van der Waals surface area contributed by atoms with Crippen LogP contribution in [0.3, 0.4) is 0 Å². The van der Waals surface area contributed by atoms with Gasteiger partial charge in [-0.3, -0.25) is 4.79 Å². The van der Waals surface area contributed by atoms with Gasteiger partial charge in [0, 0.05) is 32.4 Å². The minimum atomic E-state index is -2.35. The van der Waals surface area contributed by atoms with Crippen LogP contribution in [0.2, 0.25) is 0 Å². The van der Waals surface area contributed by atoms with Gasteiger partial charge in [-0.2, -0.15) is 0 Å². The molecule has 1 aromatic rings. The van der Waals surface area contributed by atoms with Gasteiger partial charge in [0.1, 0.15) is 6.04 Å². The van der Waals surface area contributed by atoms with Crippen LogP contribution in [0.15, 0.2) is 24.3 Å². The number of hydrogen-bond acceptors (Lipinski definition) is 16. The van der Waals surface area contributed by atoms with Gasteiger partial charge in [0.25, 0.3) is 0 Å². The SMILES string of the molecule is CC(CNC(=S)[S-])NC(=S)[S-].CCOP([O-])O.CCOP([O-])O.CCOP([O-])O.Cc1ccc(C(C)NC(=O)[C@@H](NC(=O)OC(C)C)C(C)C)cc1.[Al+3].[Zn+2]. The molecule has 0 bridgehead atoms. The van der Waals surface area contributed by atoms with Gasteiger partial charge in [-0.25, -0.2) is 4.79 Å². The summed E-state index contributed by atoms with van der Waals surface area (Å²) in [5.41, 5.74) is 2.20. The average Bonchev–Trinajstić information content (AvgIpc) is 2.99. The van der Waals surface area contributed by atoms with E-state index in [1.165, 1.54) is 5.56 Å². The van der Waals surface area contributed by atoms with Crippen LogP contribution in [0.4, 0.5) is 4.79 Å². The van der Waals surface area contributed by atoms with Crippen molar-refractivity contribution < 1.29 is 76.7 Å². The number of ether oxygens (including phenoxy) is 1. The summed E-state index contributed by atoms with van der Waals surface area (Å²) in [5.74, 6) is -0.256. The van der Waals surface area contributed by atoms with E-state index in [-0.39, 0.29) is 66.9 Å². The smallest absolute Gasteiger partial charge is 0.786 e. The Labute approximate surface area is 370 Å². The molecule has 306 valence electrons. The van der Waals surface area contributed by atoms with Crippen LogP contribution >= 0.6 is 50.2 Å². The van der Waals surface area contributed by atoms with Crippen molar-refractivity contribution in [3.63, 3.8) is 0 Å². The molecule has 0 saturated heterocycles. The summed E-state index contributed by atoms with van der Waals surface area (Å²) >= 11 is 18.6. The number of rotatable bonds is 15. The van der Waals surface area contributed by atoms with Gasteiger partial charge < -0.3 is 119 Å². The first-order chi connectivity index (χ1) is 24.0. The molecule has 2 amide bonds. The van der Waals surface area contributed by atoms with Crippen molar-refractivity contribution in [1.82, 2.24) is 21.3 Å². The Hall–Kier alpha value is 0.266. The van der Waals surface area contributed by atoms with Crippen molar-refractivity contribution in [2.45, 2.75) is 93.5 Å². The number of benzene rings is 1. The Morgan fingerprint density at radius 1 is 0.778 bits per heavy atom. The summed E-state index contributed by atoms with van der Waals surface area (Å²) < 4.78 is 18.1. The van der Waals surface area contributed by atoms with Gasteiger partial charge in [-0.05, 0) is 66.9 Å². The maximum atomic E-state index is 12.5. The van der Waals surface area contributed by atoms with E-state index in [9.17, 15) is 24.3 Å². The Morgan fingerprint density at radius 2 is 1.19 bits per heavy atom. The summed E-state index contributed by atoms with van der Waals surface area (Å²) in [6.45, 7) is 19.7. The maximum Gasteiger partial charge on any atom is 3.00 e. The molecule has 0 radical (unpaired) electrons. The maximum absolute atomic E-state index is 12.5. The molecule has 0 aromatic heterocycles. The van der Waals surface area contributed by atoms with E-state index in [4.69, 9.17) is 19.4 Å². The third-order valence-corrected chi connectivity index (χ3v) is 7.10. The third kappa shape index (κ3) is 50.3. The minimum absolute atomic E-state index is 0. The Balaban J connectivity index is -0.000000154. The molecule has 6 atom stereocenters. The van der Waals surface area contributed by atoms with Gasteiger partial charge in [0.2, 0.25) is 5.91 Å². The van der Waals surface area contributed by atoms with E-state index < -0.39 is 37.9 Å². The predicted octanol–water partition coefficient (Wildman–Crippen LogP) is 1.97. The van der Waals surface area contributed by atoms with Gasteiger partial charge in [0.05, 0.1) is 38.0 Å². The largest absolute Gasteiger partial charge is 3.00 e. The van der Waals surface area contributed by atoms with Crippen LogP contribution in [0, 0.1) is 12.8 Å². The molecule has 0 aliphatic carbocycles. The minimum Gasteiger partial charge on any atom is -0.786 e. The standard InChI is InChI=1S/C18H28N2O3.C5H10N2S4.3C2H6O3P.Al.Zn/c1-11(2)16(20-18(22)23-12(3)4)17(21)19-14(6)15-9-7-13(5)8-10-15;1-3(7-5(10)11)2-6-4(8)9;3*1-2-5-6(3)4;;/h7-12,14,16H,1-6H3,(H,19,21)(H,20,22);3H,2H2,1H3,(H2,6,8,9)(H2,7,10,11);3*3H,2H2,1H3;;/q;;3*-1;+3;+2/p-2/t14?,16-;;;;;;/m0....../s1. The number of carbonyl (C=O) groups excluding carboxylic acids is 2. The normalized spacial score (nSPS) is 13.0. The molecule has 25 heteroatoms. The topological polar surface area (TPSA) is 249 Å². The van der Waals surface area contributed by atoms with Crippen molar-refractivity contribution in [1.29, 1.82) is 0 Å². The zero-order valence-electron chi connectivity index (χ0n) is 32.3. The number of hydrogen-bond donors (Lipinski definition) is 7. The van der Waals surface area contributed by atoms with Crippen molar-refractivity contribution in [2.24, 2.45) is 5.92 Å². The molecule has 0 aliphatic heterocycles. The average molecular weight is 964 g/mol. The van der Waals surface area contributed by atoms with Crippen LogP contribution in [0.25, 0.3) is 0 Å². The third-order valence-electron chi connectivity index (χ3n) is 5.14. The van der Waals surface area contributed by atoms with E-state index in [1.807, 2.05) is 58.9 Å². The van der Waals surface area contributed by atoms with Crippen LogP contribution in [0.1, 0.15) is 79.5 Å². The fourth-order valence-electron chi connectivity index (χ4n) is 2.97. The summed E-state index contributed by atoms with van der Waals surface area (Å²) in [6, 6.07) is 7.41. The van der Waals surface area contributed by atoms with Crippen LogP contribution in [0.5, 0.6) is 0 Å². The number of thiocarbonyl (C=S) groups is 2. The number of aryl methyl sites for hydroxylation is 1. The first-order valence-corrected chi connectivity index (χ1v) is 20.7. The second kappa shape index (κ2) is 42.9. The number of nitrogens with one attached hydrogen (secondary N) is 4. The van der Waals surface area contributed by atoms with Crippen molar-refractivity contribution in [2.75, 3.05) is 26.4 Å². The molecule has 7 N–H and O–H groups in total. The molecule has 0 saturated carbocycles. The summed E-state index contributed by atoms with van der Waals surface area (Å²) in [6.07, 6.45) is -0.797. The Morgan fingerprint density at radius 3 is 1.46 bits per heavy atom. The Kier molecular flexibility index (Phi) is 52.5. The van der Waals surface area contributed by atoms with Crippen LogP contribution in [-0.4, -0.2) is 97.2 Å². The van der Waals surface area contributed by atoms with Gasteiger partial charge in [-0.15, -0.1) is 0 Å². The van der Waals surface area contributed by atoms with Gasteiger partial charge >= 0.3 is 42.9 Å². The van der Waals surface area contributed by atoms with E-state index in [2.05, 4.69) is 84.5 Å². The second-order valence-corrected chi connectivity index (χ2v) is 14.8. The number of carbonyl (C=O) groups is 2. The van der Waals surface area contributed by atoms with Gasteiger partial charge in [0.15, 0.2) is 0 Å². The molecule has 0 fully saturated rings. The van der Waals surface area contributed by atoms with Crippen molar-refractivity contribution in [3.05, 3.63) is 35.4 Å². The first kappa shape index (κ1) is 66.1. The quantitative estimate of drug-likeness (QED) is 0.0575. The molecule has 54 heavy (non-hydrogen) atoms. The van der Waals surface area contributed by atoms with Crippen molar-refractivity contribution in [3.8, 4) is 0 Å². The summed E-state index contributed by atoms with van der Waals surface area (Å²) in [7, 11) is -7.05. The van der Waals surface area contributed by atoms with Gasteiger partial charge in [-0.1, -0.05) is 52.3 Å². The van der Waals surface area contributed by atoms with Crippen LogP contribution < -0.4 is 35.9 Å². The molecule has 1 rings (SSSR count). The first-order valence-electron chi connectivity index (χ1n) is 15.7. The molecule has 0 heterocycles. The van der Waals surface area contributed by atoms with Crippen LogP contribution in [-0.2, 0) is 67.8 Å². The summed E-state index contributed by atoms with van der Waals surface area (Å²) in [5, 5.41) is 11.3. The Bertz CT molecular complexity index is 1060. The molecule has 1 aromatic carbocycles. The van der Waals surface area contributed by atoms with E-state index >= 15 is 0 Å². The summed E-state index contributed by atoms with van der Waals surface area (Å²) in [4.78, 5) is 76.3. The number of amides is 2. The molecule has 16 nitrogen and oxygen atoms in total. The second-order valence-electron chi connectivity index (χ2n) is 10.4. The van der Waals surface area contributed by atoms with E-state index in [0.717, 1.165) is 5.56 Å². The monoisotopic (exact) mass is 962 g/mol. The van der Waals surface area contributed by atoms with E-state index in [1.54, 1.807) is 34.6 Å². The zero-order chi connectivity index (χ0) is 41.4. The molecular weight excluding hydrogens is 910 g/mol. The molecule has 5 unspecified atom stereocenters.